The van der Waals surface area contributed by atoms with Crippen molar-refractivity contribution in [3.8, 4) is 5.88 Å². The number of hydrogen-bond donors (Lipinski definition) is 1. The Morgan fingerprint density at radius 3 is 2.75 bits per heavy atom. The maximum atomic E-state index is 5.82. The summed E-state index contributed by atoms with van der Waals surface area (Å²) in [7, 11) is 0. The summed E-state index contributed by atoms with van der Waals surface area (Å²) in [6.07, 6.45) is 1.03. The molecule has 0 fully saturated rings. The van der Waals surface area contributed by atoms with E-state index < -0.39 is 0 Å². The summed E-state index contributed by atoms with van der Waals surface area (Å²) >= 11 is 1.50. The molecule has 0 aliphatic rings. The van der Waals surface area contributed by atoms with Gasteiger partial charge in [-0.25, -0.2) is 4.98 Å². The first-order valence-corrected chi connectivity index (χ1v) is 7.45. The molecule has 0 bridgehead atoms. The second-order valence-electron chi connectivity index (χ2n) is 4.62. The normalized spacial score (nSPS) is 12.2. The van der Waals surface area contributed by atoms with Crippen LogP contribution in [0.2, 0.25) is 0 Å². The van der Waals surface area contributed by atoms with Gasteiger partial charge in [-0.05, 0) is 43.7 Å². The molecule has 0 aliphatic carbocycles. The van der Waals surface area contributed by atoms with Crippen molar-refractivity contribution in [1.82, 2.24) is 9.97 Å². The molecule has 0 spiro atoms. The van der Waals surface area contributed by atoms with Gasteiger partial charge in [-0.1, -0.05) is 25.1 Å². The van der Waals surface area contributed by atoms with E-state index in [0.717, 1.165) is 11.3 Å². The lowest BCUT2D eigenvalue weighted by molar-refractivity contribution is 0.207. The zero-order chi connectivity index (χ0) is 14.5. The minimum absolute atomic E-state index is 0.112. The molecule has 1 unspecified atom stereocenters. The number of nitrogens with zero attached hydrogens (tertiary/aromatic N) is 2. The maximum Gasteiger partial charge on any atom is 0.219 e. The van der Waals surface area contributed by atoms with E-state index in [1.807, 2.05) is 25.1 Å². The lowest BCUT2D eigenvalue weighted by atomic mass is 10.2. The number of benzene rings is 1. The largest absolute Gasteiger partial charge is 0.475 e. The van der Waals surface area contributed by atoms with Crippen LogP contribution in [-0.4, -0.2) is 16.1 Å². The molecule has 2 rings (SSSR count). The highest BCUT2D eigenvalue weighted by molar-refractivity contribution is 7.99. The van der Waals surface area contributed by atoms with Crippen LogP contribution in [0.5, 0.6) is 5.88 Å². The maximum absolute atomic E-state index is 5.82. The zero-order valence-corrected chi connectivity index (χ0v) is 12.8. The molecule has 0 radical (unpaired) electrons. The summed E-state index contributed by atoms with van der Waals surface area (Å²) < 4.78 is 5.71. The van der Waals surface area contributed by atoms with Gasteiger partial charge >= 0.3 is 0 Å². The molecule has 106 valence electrons. The van der Waals surface area contributed by atoms with Crippen LogP contribution >= 0.6 is 11.8 Å². The molecule has 1 atom stereocenters. The number of nitrogens with two attached hydrogens (primary N) is 1. The Bertz CT molecular complexity index is 589. The van der Waals surface area contributed by atoms with Crippen LogP contribution in [0, 0.1) is 6.92 Å². The molecule has 4 nitrogen and oxygen atoms in total. The van der Waals surface area contributed by atoms with Gasteiger partial charge in [0.2, 0.25) is 5.88 Å². The number of aromatic nitrogens is 2. The van der Waals surface area contributed by atoms with Gasteiger partial charge in [0.1, 0.15) is 5.82 Å². The van der Waals surface area contributed by atoms with Gasteiger partial charge in [-0.2, -0.15) is 4.98 Å². The molecule has 0 amide bonds. The number of aryl methyl sites for hydroxylation is 1. The highest BCUT2D eigenvalue weighted by atomic mass is 32.2. The smallest absolute Gasteiger partial charge is 0.219 e. The van der Waals surface area contributed by atoms with E-state index in [2.05, 4.69) is 29.9 Å². The summed E-state index contributed by atoms with van der Waals surface area (Å²) in [5, 5.41) is 0.609. The molecule has 0 saturated heterocycles. The van der Waals surface area contributed by atoms with Gasteiger partial charge < -0.3 is 10.5 Å². The minimum atomic E-state index is 0.112. The number of ether oxygens (including phenoxy) is 1. The summed E-state index contributed by atoms with van der Waals surface area (Å²) in [6, 6.07) is 9.77. The Kier molecular flexibility index (Phi) is 4.84. The van der Waals surface area contributed by atoms with Gasteiger partial charge in [0.15, 0.2) is 5.16 Å². The third-order valence-electron chi connectivity index (χ3n) is 2.89. The fraction of sp³-hybridized carbons (Fsp3) is 0.333. The second kappa shape index (κ2) is 6.61. The minimum Gasteiger partial charge on any atom is -0.475 e. The van der Waals surface area contributed by atoms with Gasteiger partial charge in [-0.3, -0.25) is 0 Å². The third-order valence-corrected chi connectivity index (χ3v) is 3.94. The predicted molar refractivity (Wildman–Crippen MR) is 82.1 cm³/mol. The monoisotopic (exact) mass is 289 g/mol. The van der Waals surface area contributed by atoms with Crippen molar-refractivity contribution in [2.75, 3.05) is 5.73 Å². The third kappa shape index (κ3) is 3.87. The SMILES string of the molecule is CCC(C)Oc1cc(N)nc(Sc2ccccc2C)n1. The molecule has 0 saturated carbocycles. The van der Waals surface area contributed by atoms with E-state index in [4.69, 9.17) is 10.5 Å². The zero-order valence-electron chi connectivity index (χ0n) is 12.0. The number of rotatable bonds is 5. The van der Waals surface area contributed by atoms with Crippen molar-refractivity contribution in [2.45, 2.75) is 43.3 Å². The quantitative estimate of drug-likeness (QED) is 0.850. The van der Waals surface area contributed by atoms with Crippen LogP contribution in [0.15, 0.2) is 40.4 Å². The first-order chi connectivity index (χ1) is 9.58. The first kappa shape index (κ1) is 14.7. The molecule has 1 aromatic heterocycles. The topological polar surface area (TPSA) is 61.0 Å². The Morgan fingerprint density at radius 2 is 2.05 bits per heavy atom. The average Bonchev–Trinajstić information content (AvgIpc) is 2.40. The molecule has 20 heavy (non-hydrogen) atoms. The van der Waals surface area contributed by atoms with Crippen molar-refractivity contribution in [2.24, 2.45) is 0 Å². The Hall–Kier alpha value is -1.75. The van der Waals surface area contributed by atoms with Crippen LogP contribution in [0.25, 0.3) is 0 Å². The molecule has 2 aromatic rings. The van der Waals surface area contributed by atoms with Gasteiger partial charge in [0.05, 0.1) is 6.10 Å². The Balaban J connectivity index is 2.22. The molecule has 5 heteroatoms. The highest BCUT2D eigenvalue weighted by Crippen LogP contribution is 2.29. The van der Waals surface area contributed by atoms with E-state index in [1.54, 1.807) is 6.07 Å². The first-order valence-electron chi connectivity index (χ1n) is 6.63. The van der Waals surface area contributed by atoms with E-state index >= 15 is 0 Å². The fourth-order valence-corrected chi connectivity index (χ4v) is 2.44. The standard InChI is InChI=1S/C15H19N3OS/c1-4-11(3)19-14-9-13(16)17-15(18-14)20-12-8-6-5-7-10(12)2/h5-9,11H,4H2,1-3H3,(H2,16,17,18). The number of anilines is 1. The van der Waals surface area contributed by atoms with Gasteiger partial charge in [-0.15, -0.1) is 0 Å². The predicted octanol–water partition coefficient (Wildman–Crippen LogP) is 3.70. The van der Waals surface area contributed by atoms with Crippen molar-refractivity contribution in [3.05, 3.63) is 35.9 Å². The summed E-state index contributed by atoms with van der Waals surface area (Å²) in [5.41, 5.74) is 7.01. The van der Waals surface area contributed by atoms with E-state index in [1.165, 1.54) is 17.3 Å². The van der Waals surface area contributed by atoms with Gasteiger partial charge in [0.25, 0.3) is 0 Å². The van der Waals surface area contributed by atoms with Crippen LogP contribution in [0.4, 0.5) is 5.82 Å². The number of hydrogen-bond acceptors (Lipinski definition) is 5. The van der Waals surface area contributed by atoms with Crippen molar-refractivity contribution < 1.29 is 4.74 Å². The molecular formula is C15H19N3OS. The lowest BCUT2D eigenvalue weighted by Crippen LogP contribution is -2.11. The molecule has 2 N–H and O–H groups in total. The summed E-state index contributed by atoms with van der Waals surface area (Å²) in [6.45, 7) is 6.13. The van der Waals surface area contributed by atoms with Crippen molar-refractivity contribution in [3.63, 3.8) is 0 Å². The van der Waals surface area contributed by atoms with E-state index in [0.29, 0.717) is 16.9 Å². The Morgan fingerprint density at radius 1 is 1.30 bits per heavy atom. The van der Waals surface area contributed by atoms with Crippen molar-refractivity contribution in [1.29, 1.82) is 0 Å². The van der Waals surface area contributed by atoms with Crippen molar-refractivity contribution >= 4 is 17.6 Å². The van der Waals surface area contributed by atoms with Crippen LogP contribution in [-0.2, 0) is 0 Å². The summed E-state index contributed by atoms with van der Waals surface area (Å²) in [4.78, 5) is 9.78. The van der Waals surface area contributed by atoms with E-state index in [-0.39, 0.29) is 6.10 Å². The van der Waals surface area contributed by atoms with Crippen LogP contribution in [0.3, 0.4) is 0 Å². The molecule has 0 aliphatic heterocycles. The molecular weight excluding hydrogens is 270 g/mol. The molecule has 1 heterocycles. The van der Waals surface area contributed by atoms with Crippen LogP contribution in [0.1, 0.15) is 25.8 Å². The van der Waals surface area contributed by atoms with Gasteiger partial charge in [0, 0.05) is 11.0 Å². The lowest BCUT2D eigenvalue weighted by Gasteiger charge is -2.12. The van der Waals surface area contributed by atoms with E-state index in [9.17, 15) is 0 Å². The van der Waals surface area contributed by atoms with Crippen LogP contribution < -0.4 is 10.5 Å². The summed E-state index contributed by atoms with van der Waals surface area (Å²) in [5.74, 6) is 0.956. The number of nitrogen functional groups attached to an aromatic ring is 1. The molecule has 1 aromatic carbocycles. The highest BCUT2D eigenvalue weighted by Gasteiger charge is 2.09. The second-order valence-corrected chi connectivity index (χ2v) is 5.63. The Labute approximate surface area is 123 Å². The fourth-order valence-electron chi connectivity index (χ4n) is 1.59. The average molecular weight is 289 g/mol.